The minimum atomic E-state index is -1.02. The van der Waals surface area contributed by atoms with Gasteiger partial charge in [-0.1, -0.05) is 39.5 Å². The third-order valence-corrected chi connectivity index (χ3v) is 6.48. The summed E-state index contributed by atoms with van der Waals surface area (Å²) in [5.74, 6) is 5.91. The van der Waals surface area contributed by atoms with Crippen LogP contribution >= 0.6 is 11.3 Å². The highest BCUT2D eigenvalue weighted by atomic mass is 32.1. The molecule has 1 aromatic heterocycles. The Hall–Kier alpha value is -1.84. The maximum atomic E-state index is 13.6. The Morgan fingerprint density at radius 3 is 2.48 bits per heavy atom. The quantitative estimate of drug-likeness (QED) is 0.629. The standard InChI is InChI=1S/C23H33NO4S/c1-6-18(14-28-5)24(22(25)17-10-8-16(4)9-11-17)20-13-19(12-7-15(2)3)29-21(20)23(26)27/h13,15-18H,6,8-11,14H2,1-5H3,(H,26,27)/t16?,17?,18-/m0/s1. The van der Waals surface area contributed by atoms with Crippen LogP contribution in [0.3, 0.4) is 0 Å². The zero-order valence-corrected chi connectivity index (χ0v) is 19.0. The molecule has 29 heavy (non-hydrogen) atoms. The van der Waals surface area contributed by atoms with Crippen LogP contribution in [0.5, 0.6) is 0 Å². The summed E-state index contributed by atoms with van der Waals surface area (Å²) in [5, 5.41) is 9.81. The smallest absolute Gasteiger partial charge is 0.348 e. The van der Waals surface area contributed by atoms with Gasteiger partial charge >= 0.3 is 5.97 Å². The number of aromatic carboxylic acids is 1. The van der Waals surface area contributed by atoms with E-state index in [0.29, 0.717) is 29.5 Å². The highest BCUT2D eigenvalue weighted by Gasteiger charge is 2.35. The van der Waals surface area contributed by atoms with E-state index < -0.39 is 5.97 Å². The van der Waals surface area contributed by atoms with E-state index >= 15 is 0 Å². The number of nitrogens with zero attached hydrogens (tertiary/aromatic N) is 1. The fourth-order valence-electron chi connectivity index (χ4n) is 3.76. The molecule has 0 spiro atoms. The zero-order chi connectivity index (χ0) is 21.6. The van der Waals surface area contributed by atoms with Crippen LogP contribution in [0.2, 0.25) is 0 Å². The van der Waals surface area contributed by atoms with E-state index in [-0.39, 0.29) is 28.7 Å². The second-order valence-corrected chi connectivity index (χ2v) is 9.29. The van der Waals surface area contributed by atoms with E-state index in [4.69, 9.17) is 4.74 Å². The molecule has 1 fully saturated rings. The average molecular weight is 420 g/mol. The van der Waals surface area contributed by atoms with Gasteiger partial charge in [0.05, 0.1) is 23.2 Å². The number of carboxylic acid groups (broad SMARTS) is 1. The topological polar surface area (TPSA) is 66.8 Å². The van der Waals surface area contributed by atoms with Gasteiger partial charge in [-0.3, -0.25) is 4.79 Å². The molecule has 1 heterocycles. The van der Waals surface area contributed by atoms with Crippen molar-refractivity contribution in [2.24, 2.45) is 17.8 Å². The van der Waals surface area contributed by atoms with Gasteiger partial charge in [0.2, 0.25) is 5.91 Å². The van der Waals surface area contributed by atoms with Gasteiger partial charge in [0.25, 0.3) is 0 Å². The molecule has 0 bridgehead atoms. The van der Waals surface area contributed by atoms with Crippen molar-refractivity contribution in [1.82, 2.24) is 0 Å². The molecule has 160 valence electrons. The Balaban J connectivity index is 2.48. The molecular weight excluding hydrogens is 386 g/mol. The van der Waals surface area contributed by atoms with Crippen LogP contribution in [-0.4, -0.2) is 36.7 Å². The Morgan fingerprint density at radius 2 is 1.97 bits per heavy atom. The van der Waals surface area contributed by atoms with Crippen molar-refractivity contribution < 1.29 is 19.4 Å². The fourth-order valence-corrected chi connectivity index (χ4v) is 4.61. The van der Waals surface area contributed by atoms with Crippen molar-refractivity contribution in [1.29, 1.82) is 0 Å². The van der Waals surface area contributed by atoms with E-state index in [1.807, 2.05) is 20.8 Å². The number of ether oxygens (including phenoxy) is 1. The van der Waals surface area contributed by atoms with Gasteiger partial charge in [0.1, 0.15) is 4.88 Å². The summed E-state index contributed by atoms with van der Waals surface area (Å²) in [7, 11) is 1.61. The number of methoxy groups -OCH3 is 1. The zero-order valence-electron chi connectivity index (χ0n) is 18.2. The number of thiophene rings is 1. The molecule has 1 saturated carbocycles. The lowest BCUT2D eigenvalue weighted by molar-refractivity contribution is -0.124. The summed E-state index contributed by atoms with van der Waals surface area (Å²) in [6.45, 7) is 8.57. The van der Waals surface area contributed by atoms with Gasteiger partial charge in [-0.25, -0.2) is 4.79 Å². The first-order valence-corrected chi connectivity index (χ1v) is 11.3. The van der Waals surface area contributed by atoms with Crippen molar-refractivity contribution in [3.05, 3.63) is 15.8 Å². The SMILES string of the molecule is CC[C@@H](COC)N(C(=O)C1CCC(C)CC1)c1cc(C#CC(C)C)sc1C(=O)O. The molecule has 0 unspecified atom stereocenters. The minimum Gasteiger partial charge on any atom is -0.477 e. The first-order valence-electron chi connectivity index (χ1n) is 10.5. The second-order valence-electron chi connectivity index (χ2n) is 8.24. The van der Waals surface area contributed by atoms with Gasteiger partial charge in [0.15, 0.2) is 0 Å². The monoisotopic (exact) mass is 419 g/mol. The first-order chi connectivity index (χ1) is 13.8. The van der Waals surface area contributed by atoms with E-state index in [9.17, 15) is 14.7 Å². The van der Waals surface area contributed by atoms with Crippen molar-refractivity contribution in [3.8, 4) is 11.8 Å². The van der Waals surface area contributed by atoms with Gasteiger partial charge < -0.3 is 14.7 Å². The molecule has 5 nitrogen and oxygen atoms in total. The van der Waals surface area contributed by atoms with Crippen LogP contribution in [-0.2, 0) is 9.53 Å². The summed E-state index contributed by atoms with van der Waals surface area (Å²) in [6, 6.07) is 1.57. The predicted molar refractivity (Wildman–Crippen MR) is 118 cm³/mol. The molecule has 1 atom stereocenters. The van der Waals surface area contributed by atoms with Crippen molar-refractivity contribution >= 4 is 28.9 Å². The van der Waals surface area contributed by atoms with Crippen LogP contribution in [0.15, 0.2) is 6.07 Å². The molecule has 2 rings (SSSR count). The van der Waals surface area contributed by atoms with Crippen LogP contribution < -0.4 is 4.90 Å². The highest BCUT2D eigenvalue weighted by Crippen LogP contribution is 2.36. The number of carbonyl (C=O) groups is 2. The van der Waals surface area contributed by atoms with Gasteiger partial charge in [-0.05, 0) is 44.1 Å². The molecule has 1 N–H and O–H groups in total. The Kier molecular flexibility index (Phi) is 8.73. The number of hydrogen-bond acceptors (Lipinski definition) is 4. The van der Waals surface area contributed by atoms with Crippen LogP contribution in [0.1, 0.15) is 74.3 Å². The van der Waals surface area contributed by atoms with Crippen LogP contribution in [0.25, 0.3) is 0 Å². The first kappa shape index (κ1) is 23.4. The average Bonchev–Trinajstić information content (AvgIpc) is 3.10. The molecule has 1 aliphatic carbocycles. The lowest BCUT2D eigenvalue weighted by atomic mass is 9.82. The third kappa shape index (κ3) is 6.07. The molecule has 1 amide bonds. The van der Waals surface area contributed by atoms with Gasteiger partial charge in [0, 0.05) is 18.9 Å². The normalized spacial score (nSPS) is 20.1. The van der Waals surface area contributed by atoms with Crippen LogP contribution in [0.4, 0.5) is 5.69 Å². The van der Waals surface area contributed by atoms with Crippen molar-refractivity contribution in [2.75, 3.05) is 18.6 Å². The lowest BCUT2D eigenvalue weighted by Crippen LogP contribution is -2.46. The largest absolute Gasteiger partial charge is 0.477 e. The van der Waals surface area contributed by atoms with E-state index in [1.165, 1.54) is 0 Å². The lowest BCUT2D eigenvalue weighted by Gasteiger charge is -2.35. The van der Waals surface area contributed by atoms with Gasteiger partial charge in [-0.2, -0.15) is 0 Å². The van der Waals surface area contributed by atoms with Crippen molar-refractivity contribution in [2.45, 2.75) is 65.8 Å². The number of carboxylic acids is 1. The summed E-state index contributed by atoms with van der Waals surface area (Å²) in [6.07, 6.45) is 4.46. The number of carbonyl (C=O) groups excluding carboxylic acids is 1. The third-order valence-electron chi connectivity index (χ3n) is 5.45. The number of amides is 1. The summed E-state index contributed by atoms with van der Waals surface area (Å²) >= 11 is 1.14. The maximum absolute atomic E-state index is 13.6. The molecule has 0 radical (unpaired) electrons. The second kappa shape index (κ2) is 10.8. The van der Waals surface area contributed by atoms with Gasteiger partial charge in [-0.15, -0.1) is 11.3 Å². The molecule has 1 aromatic rings. The highest BCUT2D eigenvalue weighted by molar-refractivity contribution is 7.15. The van der Waals surface area contributed by atoms with E-state index in [1.54, 1.807) is 18.1 Å². The molecule has 6 heteroatoms. The molecule has 0 aliphatic heterocycles. The molecule has 1 aliphatic rings. The minimum absolute atomic E-state index is 0.0180. The molecule has 0 saturated heterocycles. The Bertz CT molecular complexity index is 766. The molecule has 0 aromatic carbocycles. The number of anilines is 1. The maximum Gasteiger partial charge on any atom is 0.348 e. The van der Waals surface area contributed by atoms with Crippen LogP contribution in [0, 0.1) is 29.6 Å². The summed E-state index contributed by atoms with van der Waals surface area (Å²) in [5.41, 5.74) is 0.461. The Morgan fingerprint density at radius 1 is 1.31 bits per heavy atom. The fraction of sp³-hybridized carbons (Fsp3) is 0.652. The Labute approximate surface area is 178 Å². The van der Waals surface area contributed by atoms with E-state index in [2.05, 4.69) is 18.8 Å². The van der Waals surface area contributed by atoms with Crippen molar-refractivity contribution in [3.63, 3.8) is 0 Å². The molecular formula is C23H33NO4S. The van der Waals surface area contributed by atoms with E-state index in [0.717, 1.165) is 37.0 Å². The number of hydrogen-bond donors (Lipinski definition) is 1. The summed E-state index contributed by atoms with van der Waals surface area (Å²) in [4.78, 5) is 28.1. The number of rotatable bonds is 7. The summed E-state index contributed by atoms with van der Waals surface area (Å²) < 4.78 is 5.37. The predicted octanol–water partition coefficient (Wildman–Crippen LogP) is 5.04.